The number of hydrogen-bond donors (Lipinski definition) is 0. The first-order valence-corrected chi connectivity index (χ1v) is 26.9. The van der Waals surface area contributed by atoms with Gasteiger partial charge in [-0.15, -0.1) is 0 Å². The Hall–Kier alpha value is -6.16. The molecule has 0 aliphatic carbocycles. The van der Waals surface area contributed by atoms with Crippen LogP contribution < -0.4 is 18.9 Å². The number of esters is 2. The summed E-state index contributed by atoms with van der Waals surface area (Å²) in [5.41, 5.74) is 3.95. The fourth-order valence-electron chi connectivity index (χ4n) is 8.12. The lowest BCUT2D eigenvalue weighted by Gasteiger charge is -2.10. The molecule has 5 aromatic carbocycles. The lowest BCUT2D eigenvalue weighted by Crippen LogP contribution is -2.11. The first-order valence-electron chi connectivity index (χ1n) is 26.9. The van der Waals surface area contributed by atoms with Crippen molar-refractivity contribution in [3.8, 4) is 23.0 Å². The summed E-state index contributed by atoms with van der Waals surface area (Å²) in [7, 11) is 0. The molecule has 10 heteroatoms. The second-order valence-electron chi connectivity index (χ2n) is 18.7. The third-order valence-corrected chi connectivity index (χ3v) is 12.5. The van der Waals surface area contributed by atoms with Gasteiger partial charge in [0.25, 0.3) is 0 Å². The first-order chi connectivity index (χ1) is 34.9. The Labute approximate surface area is 425 Å². The van der Waals surface area contributed by atoms with Crippen LogP contribution in [0.3, 0.4) is 0 Å². The third-order valence-electron chi connectivity index (χ3n) is 12.5. The molecule has 0 aliphatic rings. The number of nitrogens with zero attached hydrogens (tertiary/aromatic N) is 4. The van der Waals surface area contributed by atoms with Gasteiger partial charge in [-0.05, 0) is 128 Å². The summed E-state index contributed by atoms with van der Waals surface area (Å²) in [5, 5.41) is 17.3. The van der Waals surface area contributed by atoms with Crippen LogP contribution in [0.4, 0.5) is 22.7 Å². The summed E-state index contributed by atoms with van der Waals surface area (Å²) < 4.78 is 23.3. The zero-order valence-corrected chi connectivity index (χ0v) is 43.1. The molecule has 0 radical (unpaired) electrons. The molecule has 5 rings (SSSR count). The average Bonchev–Trinajstić information content (AvgIpc) is 3.39. The molecular formula is C61H80N4O6. The van der Waals surface area contributed by atoms with Gasteiger partial charge in [0.1, 0.15) is 23.0 Å². The number of carbonyl (C=O) groups is 2. The predicted octanol–water partition coefficient (Wildman–Crippen LogP) is 19.4. The van der Waals surface area contributed by atoms with Gasteiger partial charge in [-0.2, -0.15) is 20.5 Å². The van der Waals surface area contributed by atoms with Gasteiger partial charge in [-0.3, -0.25) is 0 Å². The molecular weight excluding hydrogens is 885 g/mol. The summed E-state index contributed by atoms with van der Waals surface area (Å²) in [5.74, 6) is 1.04. The maximum Gasteiger partial charge on any atom is 0.343 e. The lowest BCUT2D eigenvalue weighted by molar-refractivity contribution is 0.0731. The van der Waals surface area contributed by atoms with E-state index < -0.39 is 11.9 Å². The Morgan fingerprint density at radius 1 is 0.352 bits per heavy atom. The number of ether oxygens (including phenoxy) is 4. The summed E-state index contributed by atoms with van der Waals surface area (Å²) in [6.07, 6.45) is 31.6. The molecule has 0 N–H and O–H groups in total. The Morgan fingerprint density at radius 2 is 0.648 bits per heavy atom. The minimum Gasteiger partial charge on any atom is -0.494 e. The van der Waals surface area contributed by atoms with Crippen molar-refractivity contribution in [2.24, 2.45) is 20.5 Å². The van der Waals surface area contributed by atoms with Crippen molar-refractivity contribution < 1.29 is 28.5 Å². The third kappa shape index (κ3) is 23.1. The van der Waals surface area contributed by atoms with Gasteiger partial charge in [0.05, 0.1) is 47.1 Å². The fourth-order valence-corrected chi connectivity index (χ4v) is 8.12. The van der Waals surface area contributed by atoms with Crippen molar-refractivity contribution in [1.29, 1.82) is 0 Å². The van der Waals surface area contributed by atoms with Crippen molar-refractivity contribution in [3.05, 3.63) is 132 Å². The Kier molecular flexibility index (Phi) is 26.9. The second kappa shape index (κ2) is 34.2. The average molecular weight is 965 g/mol. The van der Waals surface area contributed by atoms with Crippen molar-refractivity contribution >= 4 is 34.7 Å². The van der Waals surface area contributed by atoms with Gasteiger partial charge in [0.15, 0.2) is 0 Å². The van der Waals surface area contributed by atoms with Crippen LogP contribution in [0, 0.1) is 6.92 Å². The summed E-state index contributed by atoms with van der Waals surface area (Å²) in [4.78, 5) is 26.2. The van der Waals surface area contributed by atoms with Crippen LogP contribution in [0.15, 0.2) is 136 Å². The zero-order valence-electron chi connectivity index (χ0n) is 43.1. The van der Waals surface area contributed by atoms with Crippen LogP contribution in [0.1, 0.15) is 194 Å². The number of rotatable bonds is 36. The largest absolute Gasteiger partial charge is 0.494 e. The molecule has 0 spiro atoms. The van der Waals surface area contributed by atoms with Crippen molar-refractivity contribution in [2.75, 3.05) is 13.2 Å². The molecule has 0 fully saturated rings. The topological polar surface area (TPSA) is 121 Å². The van der Waals surface area contributed by atoms with Crippen LogP contribution in [-0.4, -0.2) is 25.2 Å². The van der Waals surface area contributed by atoms with E-state index in [2.05, 4.69) is 34.3 Å². The SMILES string of the molecule is CCCCCCCCCCCCCCOc1ccc(N=Nc2ccc(C(=O)Oc3ccc(C)c(OC(=O)c4ccc(N=Nc5ccc(OCCCCCCCCCCCCCC)cc5)cc4)c3)cc2)cc1. The predicted molar refractivity (Wildman–Crippen MR) is 288 cm³/mol. The molecule has 10 nitrogen and oxygen atoms in total. The van der Waals surface area contributed by atoms with E-state index in [9.17, 15) is 9.59 Å². The molecule has 0 unspecified atom stereocenters. The van der Waals surface area contributed by atoms with Crippen molar-refractivity contribution in [3.63, 3.8) is 0 Å². The highest BCUT2D eigenvalue weighted by atomic mass is 16.5. The van der Waals surface area contributed by atoms with Crippen LogP contribution in [0.2, 0.25) is 0 Å². The van der Waals surface area contributed by atoms with Gasteiger partial charge < -0.3 is 18.9 Å². The molecule has 0 saturated heterocycles. The summed E-state index contributed by atoms with van der Waals surface area (Å²) >= 11 is 0. The maximum atomic E-state index is 13.1. The number of hydrogen-bond acceptors (Lipinski definition) is 10. The number of unbranched alkanes of at least 4 members (excludes halogenated alkanes) is 22. The molecule has 0 aliphatic heterocycles. The van der Waals surface area contributed by atoms with E-state index in [1.54, 1.807) is 60.7 Å². The second-order valence-corrected chi connectivity index (χ2v) is 18.7. The highest BCUT2D eigenvalue weighted by Crippen LogP contribution is 2.28. The Morgan fingerprint density at radius 3 is 1.00 bits per heavy atom. The Bertz CT molecular complexity index is 2290. The van der Waals surface area contributed by atoms with Crippen LogP contribution >= 0.6 is 0 Å². The van der Waals surface area contributed by atoms with Crippen molar-refractivity contribution in [2.45, 2.75) is 175 Å². The van der Waals surface area contributed by atoms with Crippen LogP contribution in [-0.2, 0) is 0 Å². The van der Waals surface area contributed by atoms with E-state index in [1.165, 1.54) is 147 Å². The number of aryl methyl sites for hydroxylation is 1. The van der Waals surface area contributed by atoms with E-state index >= 15 is 0 Å². The number of azo groups is 2. The monoisotopic (exact) mass is 965 g/mol. The minimum absolute atomic E-state index is 0.239. The summed E-state index contributed by atoms with van der Waals surface area (Å²) in [6, 6.07) is 33.4. The van der Waals surface area contributed by atoms with Gasteiger partial charge >= 0.3 is 11.9 Å². The van der Waals surface area contributed by atoms with E-state index in [4.69, 9.17) is 18.9 Å². The summed E-state index contributed by atoms with van der Waals surface area (Å²) in [6.45, 7) is 7.77. The molecule has 0 amide bonds. The van der Waals surface area contributed by atoms with Crippen molar-refractivity contribution in [1.82, 2.24) is 0 Å². The normalized spacial score (nSPS) is 11.4. The molecule has 0 saturated carbocycles. The zero-order chi connectivity index (χ0) is 50.0. The molecule has 0 bridgehead atoms. The molecule has 5 aromatic rings. The van der Waals surface area contributed by atoms with Gasteiger partial charge in [-0.25, -0.2) is 9.59 Å². The molecule has 71 heavy (non-hydrogen) atoms. The van der Waals surface area contributed by atoms with E-state index in [0.29, 0.717) is 52.7 Å². The minimum atomic E-state index is -0.562. The van der Waals surface area contributed by atoms with E-state index in [0.717, 1.165) is 24.3 Å². The molecule has 0 heterocycles. The maximum absolute atomic E-state index is 13.1. The van der Waals surface area contributed by atoms with Crippen LogP contribution in [0.5, 0.6) is 23.0 Å². The quantitative estimate of drug-likeness (QED) is 0.0171. The Balaban J connectivity index is 0.961. The van der Waals surface area contributed by atoms with Gasteiger partial charge in [0.2, 0.25) is 0 Å². The molecule has 0 aromatic heterocycles. The van der Waals surface area contributed by atoms with Crippen LogP contribution in [0.25, 0.3) is 0 Å². The number of benzene rings is 5. The van der Waals surface area contributed by atoms with Gasteiger partial charge in [0, 0.05) is 6.07 Å². The van der Waals surface area contributed by atoms with E-state index in [1.807, 2.05) is 55.5 Å². The highest BCUT2D eigenvalue weighted by molar-refractivity contribution is 5.92. The fraction of sp³-hybridized carbons (Fsp3) is 0.475. The highest BCUT2D eigenvalue weighted by Gasteiger charge is 2.14. The molecule has 0 atom stereocenters. The smallest absolute Gasteiger partial charge is 0.343 e. The molecule has 380 valence electrons. The number of carbonyl (C=O) groups excluding carboxylic acids is 2. The lowest BCUT2D eigenvalue weighted by atomic mass is 10.1. The van der Waals surface area contributed by atoms with E-state index in [-0.39, 0.29) is 11.5 Å². The standard InChI is InChI=1S/C61H80N4O6/c1-4-6-8-10-12-14-16-18-20-22-24-26-46-68-56-42-37-54(38-43-56)64-62-52-33-29-50(30-34-52)60(66)70-58-41-28-49(3)59(48-58)71-61(67)51-31-35-53(36-32-51)63-65-55-39-44-57(45-40-55)69-47-27-25-23-21-19-17-15-13-11-9-7-5-2/h28-45,48H,4-27,46-47H2,1-3H3. The van der Waals surface area contributed by atoms with Gasteiger partial charge in [-0.1, -0.05) is 161 Å². The first kappa shape index (κ1) is 55.8.